The molecule has 6 heteroatoms. The number of fused-ring (bicyclic) bond motifs is 1. The molecule has 22 heavy (non-hydrogen) atoms. The topological polar surface area (TPSA) is 49.4 Å². The third-order valence-electron chi connectivity index (χ3n) is 4.23. The highest BCUT2D eigenvalue weighted by Gasteiger charge is 2.29. The van der Waals surface area contributed by atoms with E-state index in [2.05, 4.69) is 5.32 Å². The van der Waals surface area contributed by atoms with Crippen molar-refractivity contribution in [1.29, 1.82) is 0 Å². The van der Waals surface area contributed by atoms with E-state index in [9.17, 15) is 8.42 Å². The molecule has 1 aliphatic rings. The second kappa shape index (κ2) is 6.96. The molecule has 2 aromatic rings. The summed E-state index contributed by atoms with van der Waals surface area (Å²) in [5, 5.41) is 4.99. The number of halogens is 1. The third-order valence-corrected chi connectivity index (χ3v) is 6.19. The maximum absolute atomic E-state index is 12.9. The van der Waals surface area contributed by atoms with Crippen LogP contribution in [0.15, 0.2) is 47.4 Å². The van der Waals surface area contributed by atoms with E-state index >= 15 is 0 Å². The van der Waals surface area contributed by atoms with Crippen LogP contribution in [-0.2, 0) is 10.0 Å². The number of sulfonamides is 1. The summed E-state index contributed by atoms with van der Waals surface area (Å²) >= 11 is 0. The summed E-state index contributed by atoms with van der Waals surface area (Å²) in [7, 11) is -1.48. The second-order valence-corrected chi connectivity index (χ2v) is 7.35. The van der Waals surface area contributed by atoms with E-state index in [4.69, 9.17) is 0 Å². The number of benzene rings is 2. The largest absolute Gasteiger partial charge is 0.317 e. The lowest BCUT2D eigenvalue weighted by Crippen LogP contribution is -2.43. The van der Waals surface area contributed by atoms with Gasteiger partial charge in [0.05, 0.1) is 4.90 Å². The SMILES string of the molecule is CNC1CCN(S(=O)(=O)c2cccc3ccccc23)CC1.Cl. The number of nitrogens with one attached hydrogen (secondary N) is 1. The van der Waals surface area contributed by atoms with Crippen LogP contribution in [0.1, 0.15) is 12.8 Å². The van der Waals surface area contributed by atoms with Gasteiger partial charge in [0.2, 0.25) is 10.0 Å². The lowest BCUT2D eigenvalue weighted by molar-refractivity contribution is 0.298. The van der Waals surface area contributed by atoms with Gasteiger partial charge in [0, 0.05) is 24.5 Å². The van der Waals surface area contributed by atoms with Gasteiger partial charge in [0.1, 0.15) is 0 Å². The fourth-order valence-electron chi connectivity index (χ4n) is 2.94. The fraction of sp³-hybridized carbons (Fsp3) is 0.375. The van der Waals surface area contributed by atoms with Crippen LogP contribution in [0, 0.1) is 0 Å². The fourth-order valence-corrected chi connectivity index (χ4v) is 4.63. The molecule has 1 aliphatic heterocycles. The molecule has 0 spiro atoms. The Morgan fingerprint density at radius 2 is 1.68 bits per heavy atom. The van der Waals surface area contributed by atoms with E-state index in [1.807, 2.05) is 43.4 Å². The molecule has 0 amide bonds. The van der Waals surface area contributed by atoms with Gasteiger partial charge in [-0.15, -0.1) is 12.4 Å². The first kappa shape index (κ1) is 17.2. The minimum atomic E-state index is -3.41. The number of hydrogen-bond donors (Lipinski definition) is 1. The summed E-state index contributed by atoms with van der Waals surface area (Å²) in [6, 6.07) is 13.5. The van der Waals surface area contributed by atoms with Gasteiger partial charge < -0.3 is 5.32 Å². The minimum absolute atomic E-state index is 0. The molecular formula is C16H21ClN2O2S. The molecule has 4 nitrogen and oxygen atoms in total. The second-order valence-electron chi connectivity index (χ2n) is 5.44. The van der Waals surface area contributed by atoms with Gasteiger partial charge in [-0.05, 0) is 31.3 Å². The normalized spacial score (nSPS) is 17.3. The Kier molecular flexibility index (Phi) is 5.45. The zero-order valence-electron chi connectivity index (χ0n) is 12.5. The molecule has 1 heterocycles. The molecule has 0 bridgehead atoms. The van der Waals surface area contributed by atoms with Crippen LogP contribution in [0.4, 0.5) is 0 Å². The van der Waals surface area contributed by atoms with Crippen molar-refractivity contribution in [1.82, 2.24) is 9.62 Å². The summed E-state index contributed by atoms with van der Waals surface area (Å²) in [6.07, 6.45) is 1.72. The van der Waals surface area contributed by atoms with Crippen molar-refractivity contribution < 1.29 is 8.42 Å². The van der Waals surface area contributed by atoms with Gasteiger partial charge in [0.25, 0.3) is 0 Å². The lowest BCUT2D eigenvalue weighted by Gasteiger charge is -2.31. The summed E-state index contributed by atoms with van der Waals surface area (Å²) in [5.41, 5.74) is 0. The zero-order chi connectivity index (χ0) is 14.9. The van der Waals surface area contributed by atoms with Crippen LogP contribution >= 0.6 is 12.4 Å². The van der Waals surface area contributed by atoms with Gasteiger partial charge >= 0.3 is 0 Å². The maximum atomic E-state index is 12.9. The Morgan fingerprint density at radius 1 is 1.05 bits per heavy atom. The molecule has 0 unspecified atom stereocenters. The number of nitrogens with zero attached hydrogens (tertiary/aromatic N) is 1. The smallest absolute Gasteiger partial charge is 0.243 e. The van der Waals surface area contributed by atoms with E-state index in [1.54, 1.807) is 10.4 Å². The quantitative estimate of drug-likeness (QED) is 0.934. The van der Waals surface area contributed by atoms with E-state index in [1.165, 1.54) is 0 Å². The molecule has 0 saturated carbocycles. The molecule has 0 aliphatic carbocycles. The average Bonchev–Trinajstić information content (AvgIpc) is 2.54. The highest BCUT2D eigenvalue weighted by molar-refractivity contribution is 7.89. The molecule has 0 radical (unpaired) electrons. The van der Waals surface area contributed by atoms with Crippen molar-refractivity contribution in [2.24, 2.45) is 0 Å². The molecule has 120 valence electrons. The number of hydrogen-bond acceptors (Lipinski definition) is 3. The van der Waals surface area contributed by atoms with Gasteiger partial charge in [-0.2, -0.15) is 4.31 Å². The Labute approximate surface area is 138 Å². The van der Waals surface area contributed by atoms with Crippen LogP contribution in [-0.4, -0.2) is 38.9 Å². The summed E-state index contributed by atoms with van der Waals surface area (Å²) < 4.78 is 27.4. The summed E-state index contributed by atoms with van der Waals surface area (Å²) in [4.78, 5) is 0.420. The molecule has 0 atom stereocenters. The zero-order valence-corrected chi connectivity index (χ0v) is 14.2. The van der Waals surface area contributed by atoms with Gasteiger partial charge in [-0.1, -0.05) is 36.4 Å². The molecule has 2 aromatic carbocycles. The van der Waals surface area contributed by atoms with Crippen molar-refractivity contribution in [3.05, 3.63) is 42.5 Å². The molecule has 1 saturated heterocycles. The first-order valence-corrected chi connectivity index (χ1v) is 8.72. The van der Waals surface area contributed by atoms with Gasteiger partial charge in [-0.25, -0.2) is 8.42 Å². The number of rotatable bonds is 3. The van der Waals surface area contributed by atoms with Crippen molar-refractivity contribution in [3.8, 4) is 0 Å². The van der Waals surface area contributed by atoms with Crippen molar-refractivity contribution >= 4 is 33.2 Å². The van der Waals surface area contributed by atoms with E-state index in [0.717, 1.165) is 23.6 Å². The van der Waals surface area contributed by atoms with Crippen LogP contribution in [0.3, 0.4) is 0 Å². The first-order valence-electron chi connectivity index (χ1n) is 7.28. The van der Waals surface area contributed by atoms with Gasteiger partial charge in [0.15, 0.2) is 0 Å². The number of piperidine rings is 1. The molecule has 3 rings (SSSR count). The predicted octanol–water partition coefficient (Wildman–Crippen LogP) is 2.63. The minimum Gasteiger partial charge on any atom is -0.317 e. The molecular weight excluding hydrogens is 320 g/mol. The van der Waals surface area contributed by atoms with Gasteiger partial charge in [-0.3, -0.25) is 0 Å². The third kappa shape index (κ3) is 3.13. The Morgan fingerprint density at radius 3 is 2.36 bits per heavy atom. The van der Waals surface area contributed by atoms with Crippen molar-refractivity contribution in [2.75, 3.05) is 20.1 Å². The first-order chi connectivity index (χ1) is 10.1. The summed E-state index contributed by atoms with van der Waals surface area (Å²) in [6.45, 7) is 1.16. The monoisotopic (exact) mass is 340 g/mol. The average molecular weight is 341 g/mol. The van der Waals surface area contributed by atoms with Crippen molar-refractivity contribution in [2.45, 2.75) is 23.8 Å². The molecule has 1 N–H and O–H groups in total. The van der Waals surface area contributed by atoms with Crippen molar-refractivity contribution in [3.63, 3.8) is 0 Å². The van der Waals surface area contributed by atoms with Crippen LogP contribution < -0.4 is 5.32 Å². The summed E-state index contributed by atoms with van der Waals surface area (Å²) in [5.74, 6) is 0. The molecule has 0 aromatic heterocycles. The maximum Gasteiger partial charge on any atom is 0.243 e. The van der Waals surface area contributed by atoms with Crippen LogP contribution in [0.5, 0.6) is 0 Å². The van der Waals surface area contributed by atoms with Crippen LogP contribution in [0.25, 0.3) is 10.8 Å². The van der Waals surface area contributed by atoms with E-state index in [0.29, 0.717) is 24.0 Å². The Bertz CT molecular complexity index is 735. The lowest BCUT2D eigenvalue weighted by atomic mass is 10.1. The Balaban J connectivity index is 0.00000176. The molecule has 1 fully saturated rings. The Hall–Kier alpha value is -1.14. The highest BCUT2D eigenvalue weighted by Crippen LogP contribution is 2.27. The standard InChI is InChI=1S/C16H20N2O2S.ClH/c1-17-14-9-11-18(12-10-14)21(19,20)16-8-4-6-13-5-2-3-7-15(13)16;/h2-8,14,17H,9-12H2,1H3;1H. The highest BCUT2D eigenvalue weighted by atomic mass is 35.5. The predicted molar refractivity (Wildman–Crippen MR) is 92.0 cm³/mol. The van der Waals surface area contributed by atoms with E-state index < -0.39 is 10.0 Å². The van der Waals surface area contributed by atoms with Crippen LogP contribution in [0.2, 0.25) is 0 Å². The van der Waals surface area contributed by atoms with E-state index in [-0.39, 0.29) is 12.4 Å².